The summed E-state index contributed by atoms with van der Waals surface area (Å²) in [6.45, 7) is 2.88. The van der Waals surface area contributed by atoms with Crippen molar-refractivity contribution in [3.8, 4) is 16.9 Å². The predicted octanol–water partition coefficient (Wildman–Crippen LogP) is 6.18. The number of hydrogen-bond donors (Lipinski definition) is 1. The molecule has 8 heteroatoms. The van der Waals surface area contributed by atoms with E-state index in [1.165, 1.54) is 24.3 Å². The molecule has 2 aromatic carbocycles. The maximum atomic E-state index is 13.9. The Kier molecular flexibility index (Phi) is 6.57. The van der Waals surface area contributed by atoms with Gasteiger partial charge in [-0.25, -0.2) is 0 Å². The summed E-state index contributed by atoms with van der Waals surface area (Å²) in [6.07, 6.45) is -3.03. The topological polar surface area (TPSA) is 53.7 Å². The molecule has 1 aromatic heterocycles. The number of alkyl halides is 3. The lowest BCUT2D eigenvalue weighted by Crippen LogP contribution is -2.20. The Bertz CT molecular complexity index is 1110. The molecule has 0 unspecified atom stereocenters. The second kappa shape index (κ2) is 8.81. The van der Waals surface area contributed by atoms with E-state index in [0.717, 1.165) is 12.8 Å². The van der Waals surface area contributed by atoms with E-state index in [-0.39, 0.29) is 34.4 Å². The lowest BCUT2D eigenvalue weighted by Gasteiger charge is -2.19. The van der Waals surface area contributed by atoms with Crippen LogP contribution in [0.4, 0.5) is 13.2 Å². The summed E-state index contributed by atoms with van der Waals surface area (Å²) in [6, 6.07) is 8.60. The molecule has 0 atom stereocenters. The van der Waals surface area contributed by atoms with Crippen molar-refractivity contribution in [2.45, 2.75) is 32.5 Å². The van der Waals surface area contributed by atoms with Gasteiger partial charge in [0, 0.05) is 11.0 Å². The second-order valence-electron chi connectivity index (χ2n) is 7.17. The monoisotopic (exact) mass is 483 g/mol. The van der Waals surface area contributed by atoms with Crippen LogP contribution in [0.15, 0.2) is 50.1 Å². The Labute approximate surface area is 180 Å². The van der Waals surface area contributed by atoms with Gasteiger partial charge in [0.1, 0.15) is 11.3 Å². The number of phenolic OH excluding ortho intramolecular Hbond substituents is 1. The Hall–Kier alpha value is -2.32. The SMILES string of the molecule is CCCCN(C)Cc1c(O)ccc2c(=O)c(-c3ccc(Br)cc3)c(C(F)(F)F)oc12. The highest BCUT2D eigenvalue weighted by atomic mass is 79.9. The number of unbranched alkanes of at least 4 members (excludes halogenated alkanes) is 1. The lowest BCUT2D eigenvalue weighted by molar-refractivity contribution is -0.152. The summed E-state index contributed by atoms with van der Waals surface area (Å²) in [5.41, 5.74) is -1.30. The van der Waals surface area contributed by atoms with Crippen LogP contribution < -0.4 is 5.43 Å². The number of phenols is 1. The highest BCUT2D eigenvalue weighted by Gasteiger charge is 2.39. The number of rotatable bonds is 6. The third-order valence-electron chi connectivity index (χ3n) is 4.85. The minimum absolute atomic E-state index is 0.00221. The van der Waals surface area contributed by atoms with E-state index in [2.05, 4.69) is 15.9 Å². The molecular formula is C22H21BrF3NO3. The van der Waals surface area contributed by atoms with E-state index in [1.807, 2.05) is 11.8 Å². The molecule has 0 aliphatic rings. The molecule has 0 saturated carbocycles. The number of benzene rings is 2. The van der Waals surface area contributed by atoms with Crippen LogP contribution in [-0.4, -0.2) is 23.6 Å². The zero-order valence-electron chi connectivity index (χ0n) is 16.5. The standard InChI is InChI=1S/C22H21BrF3NO3/c1-3-4-11-27(2)12-16-17(28)10-9-15-19(29)18(13-5-7-14(23)8-6-13)21(22(24,25)26)30-20(15)16/h5-10,28H,3-4,11-12H2,1-2H3. The molecule has 1 N–H and O–H groups in total. The molecule has 30 heavy (non-hydrogen) atoms. The van der Waals surface area contributed by atoms with Gasteiger partial charge in [-0.05, 0) is 49.8 Å². The normalized spacial score (nSPS) is 12.1. The molecular weight excluding hydrogens is 463 g/mol. The fourth-order valence-electron chi connectivity index (χ4n) is 3.31. The van der Waals surface area contributed by atoms with Crippen molar-refractivity contribution in [3.63, 3.8) is 0 Å². The molecule has 0 aliphatic carbocycles. The molecule has 0 amide bonds. The van der Waals surface area contributed by atoms with Gasteiger partial charge in [0.25, 0.3) is 0 Å². The number of nitrogens with zero attached hydrogens (tertiary/aromatic N) is 1. The van der Waals surface area contributed by atoms with Gasteiger partial charge in [-0.2, -0.15) is 13.2 Å². The Morgan fingerprint density at radius 3 is 2.40 bits per heavy atom. The van der Waals surface area contributed by atoms with Gasteiger partial charge in [0.2, 0.25) is 11.2 Å². The van der Waals surface area contributed by atoms with E-state index in [9.17, 15) is 23.1 Å². The fraction of sp³-hybridized carbons (Fsp3) is 0.318. The summed E-state index contributed by atoms with van der Waals surface area (Å²) in [4.78, 5) is 15.0. The smallest absolute Gasteiger partial charge is 0.450 e. The van der Waals surface area contributed by atoms with Crippen molar-refractivity contribution in [1.29, 1.82) is 0 Å². The molecule has 0 radical (unpaired) electrons. The molecule has 0 fully saturated rings. The van der Waals surface area contributed by atoms with Crippen LogP contribution in [0.25, 0.3) is 22.1 Å². The fourth-order valence-corrected chi connectivity index (χ4v) is 3.58. The van der Waals surface area contributed by atoms with Gasteiger partial charge < -0.3 is 14.4 Å². The number of halogens is 4. The van der Waals surface area contributed by atoms with Crippen molar-refractivity contribution in [2.75, 3.05) is 13.6 Å². The van der Waals surface area contributed by atoms with Gasteiger partial charge in [0.05, 0.1) is 16.5 Å². The molecule has 0 saturated heterocycles. The van der Waals surface area contributed by atoms with Gasteiger partial charge in [-0.15, -0.1) is 0 Å². The Morgan fingerprint density at radius 1 is 1.13 bits per heavy atom. The Morgan fingerprint density at radius 2 is 1.80 bits per heavy atom. The quantitative estimate of drug-likeness (QED) is 0.454. The first-order valence-electron chi connectivity index (χ1n) is 9.46. The molecule has 3 aromatic rings. The highest BCUT2D eigenvalue weighted by molar-refractivity contribution is 9.10. The minimum atomic E-state index is -4.88. The zero-order chi connectivity index (χ0) is 22.1. The van der Waals surface area contributed by atoms with Crippen molar-refractivity contribution in [2.24, 2.45) is 0 Å². The van der Waals surface area contributed by atoms with Crippen LogP contribution in [0.1, 0.15) is 31.1 Å². The third kappa shape index (κ3) is 4.54. The minimum Gasteiger partial charge on any atom is -0.507 e. The molecule has 0 aliphatic heterocycles. The van der Waals surface area contributed by atoms with Gasteiger partial charge in [-0.1, -0.05) is 41.4 Å². The molecule has 3 rings (SSSR count). The number of fused-ring (bicyclic) bond motifs is 1. The maximum Gasteiger partial charge on any atom is 0.450 e. The van der Waals surface area contributed by atoms with E-state index >= 15 is 0 Å². The molecule has 4 nitrogen and oxygen atoms in total. The second-order valence-corrected chi connectivity index (χ2v) is 8.09. The molecule has 160 valence electrons. The average Bonchev–Trinajstić information content (AvgIpc) is 2.68. The first kappa shape index (κ1) is 22.4. The lowest BCUT2D eigenvalue weighted by atomic mass is 10.00. The maximum absolute atomic E-state index is 13.9. The Balaban J connectivity index is 2.28. The zero-order valence-corrected chi connectivity index (χ0v) is 18.1. The third-order valence-corrected chi connectivity index (χ3v) is 5.38. The van der Waals surface area contributed by atoms with Crippen LogP contribution >= 0.6 is 15.9 Å². The largest absolute Gasteiger partial charge is 0.507 e. The summed E-state index contributed by atoms with van der Waals surface area (Å²) < 4.78 is 47.6. The predicted molar refractivity (Wildman–Crippen MR) is 114 cm³/mol. The van der Waals surface area contributed by atoms with Crippen molar-refractivity contribution < 1.29 is 22.7 Å². The van der Waals surface area contributed by atoms with Crippen LogP contribution in [-0.2, 0) is 12.7 Å². The summed E-state index contributed by atoms with van der Waals surface area (Å²) in [5, 5.41) is 10.3. The van der Waals surface area contributed by atoms with Crippen molar-refractivity contribution in [1.82, 2.24) is 4.90 Å². The van der Waals surface area contributed by atoms with Gasteiger partial charge in [-0.3, -0.25) is 4.79 Å². The van der Waals surface area contributed by atoms with Crippen LogP contribution in [0.3, 0.4) is 0 Å². The van der Waals surface area contributed by atoms with Crippen molar-refractivity contribution >= 4 is 26.9 Å². The number of hydrogen-bond acceptors (Lipinski definition) is 4. The first-order valence-corrected chi connectivity index (χ1v) is 10.3. The summed E-state index contributed by atoms with van der Waals surface area (Å²) in [7, 11) is 1.80. The number of aromatic hydroxyl groups is 1. The van der Waals surface area contributed by atoms with Crippen LogP contribution in [0.5, 0.6) is 5.75 Å². The highest BCUT2D eigenvalue weighted by Crippen LogP contribution is 2.39. The van der Waals surface area contributed by atoms with Crippen LogP contribution in [0.2, 0.25) is 0 Å². The van der Waals surface area contributed by atoms with E-state index in [4.69, 9.17) is 4.42 Å². The average molecular weight is 484 g/mol. The van der Waals surface area contributed by atoms with Gasteiger partial charge in [0.15, 0.2) is 0 Å². The summed E-state index contributed by atoms with van der Waals surface area (Å²) in [5.74, 6) is -1.58. The molecule has 0 spiro atoms. The molecule has 1 heterocycles. The van der Waals surface area contributed by atoms with E-state index < -0.39 is 22.9 Å². The van der Waals surface area contributed by atoms with E-state index in [0.29, 0.717) is 11.0 Å². The first-order chi connectivity index (χ1) is 14.1. The van der Waals surface area contributed by atoms with Crippen LogP contribution in [0, 0.1) is 0 Å². The van der Waals surface area contributed by atoms with Crippen molar-refractivity contribution in [3.05, 3.63) is 62.4 Å². The summed E-state index contributed by atoms with van der Waals surface area (Å²) >= 11 is 3.24. The van der Waals surface area contributed by atoms with Gasteiger partial charge >= 0.3 is 6.18 Å². The van der Waals surface area contributed by atoms with E-state index in [1.54, 1.807) is 19.2 Å². The molecule has 0 bridgehead atoms.